The summed E-state index contributed by atoms with van der Waals surface area (Å²) in [6, 6.07) is 2.05. The van der Waals surface area contributed by atoms with Crippen molar-refractivity contribution < 1.29 is 0 Å². The number of nitrogens with zero attached hydrogens (tertiary/aromatic N) is 4. The van der Waals surface area contributed by atoms with E-state index in [0.717, 1.165) is 28.3 Å². The van der Waals surface area contributed by atoms with E-state index in [9.17, 15) is 0 Å². The SMILES string of the molecule is c1nc(Sc2nccs2)cc(N2CCCC2)n1. The first kappa shape index (κ1) is 11.0. The second-order valence-electron chi connectivity index (χ2n) is 3.81. The summed E-state index contributed by atoms with van der Waals surface area (Å²) in [5, 5.41) is 2.95. The topological polar surface area (TPSA) is 41.9 Å². The Balaban J connectivity index is 1.78. The van der Waals surface area contributed by atoms with Crippen molar-refractivity contribution in [2.45, 2.75) is 22.2 Å². The van der Waals surface area contributed by atoms with E-state index in [1.807, 2.05) is 11.6 Å². The largest absolute Gasteiger partial charge is 0.356 e. The molecule has 17 heavy (non-hydrogen) atoms. The highest BCUT2D eigenvalue weighted by atomic mass is 32.2. The second-order valence-corrected chi connectivity index (χ2v) is 5.97. The van der Waals surface area contributed by atoms with Gasteiger partial charge in [0.15, 0.2) is 4.34 Å². The van der Waals surface area contributed by atoms with Crippen molar-refractivity contribution in [1.82, 2.24) is 15.0 Å². The van der Waals surface area contributed by atoms with E-state index in [1.54, 1.807) is 29.4 Å². The number of rotatable bonds is 3. The van der Waals surface area contributed by atoms with Gasteiger partial charge < -0.3 is 4.90 Å². The molecule has 1 aliphatic rings. The molecule has 88 valence electrons. The Hall–Kier alpha value is -1.14. The van der Waals surface area contributed by atoms with Crippen molar-refractivity contribution in [3.63, 3.8) is 0 Å². The summed E-state index contributed by atoms with van der Waals surface area (Å²) >= 11 is 3.23. The molecule has 0 N–H and O–H groups in total. The average Bonchev–Trinajstić information content (AvgIpc) is 3.01. The molecule has 0 spiro atoms. The summed E-state index contributed by atoms with van der Waals surface area (Å²) in [5.41, 5.74) is 0. The highest BCUT2D eigenvalue weighted by Crippen LogP contribution is 2.29. The molecule has 0 radical (unpaired) electrons. The molecule has 0 bridgehead atoms. The van der Waals surface area contributed by atoms with Gasteiger partial charge in [0.05, 0.1) is 0 Å². The molecule has 3 heterocycles. The molecule has 0 aromatic carbocycles. The van der Waals surface area contributed by atoms with Crippen molar-refractivity contribution in [2.24, 2.45) is 0 Å². The Morgan fingerprint density at radius 3 is 2.82 bits per heavy atom. The molecule has 0 amide bonds. The van der Waals surface area contributed by atoms with E-state index >= 15 is 0 Å². The molecule has 0 saturated carbocycles. The monoisotopic (exact) mass is 264 g/mol. The minimum atomic E-state index is 0.969. The summed E-state index contributed by atoms with van der Waals surface area (Å²) in [7, 11) is 0. The smallest absolute Gasteiger partial charge is 0.156 e. The van der Waals surface area contributed by atoms with Crippen molar-refractivity contribution in [3.8, 4) is 0 Å². The van der Waals surface area contributed by atoms with Crippen molar-refractivity contribution >= 4 is 28.9 Å². The van der Waals surface area contributed by atoms with E-state index in [-0.39, 0.29) is 0 Å². The van der Waals surface area contributed by atoms with Crippen LogP contribution in [-0.4, -0.2) is 28.0 Å². The molecular formula is C11H12N4S2. The summed E-state index contributed by atoms with van der Waals surface area (Å²) in [6.45, 7) is 2.22. The Labute approximate surface area is 108 Å². The molecule has 1 aliphatic heterocycles. The Bertz CT molecular complexity index is 480. The molecule has 4 nitrogen and oxygen atoms in total. The first-order valence-corrected chi connectivity index (χ1v) is 7.26. The highest BCUT2D eigenvalue weighted by molar-refractivity contribution is 8.01. The van der Waals surface area contributed by atoms with Crippen LogP contribution in [0.3, 0.4) is 0 Å². The van der Waals surface area contributed by atoms with Crippen LogP contribution in [0.2, 0.25) is 0 Å². The number of thiazole rings is 1. The molecule has 0 aliphatic carbocycles. The highest BCUT2D eigenvalue weighted by Gasteiger charge is 2.14. The maximum atomic E-state index is 4.34. The average molecular weight is 264 g/mol. The van der Waals surface area contributed by atoms with Crippen molar-refractivity contribution in [1.29, 1.82) is 0 Å². The van der Waals surface area contributed by atoms with Crippen LogP contribution in [0.1, 0.15) is 12.8 Å². The van der Waals surface area contributed by atoms with Gasteiger partial charge in [0, 0.05) is 30.7 Å². The first-order chi connectivity index (χ1) is 8.42. The Morgan fingerprint density at radius 1 is 1.18 bits per heavy atom. The predicted octanol–water partition coefficient (Wildman–Crippen LogP) is 2.68. The van der Waals surface area contributed by atoms with Crippen LogP contribution in [0.5, 0.6) is 0 Å². The summed E-state index contributed by atoms with van der Waals surface area (Å²) in [5.74, 6) is 1.04. The Kier molecular flexibility index (Phi) is 3.24. The molecule has 2 aromatic heterocycles. The van der Waals surface area contributed by atoms with Crippen molar-refractivity contribution in [2.75, 3.05) is 18.0 Å². The maximum absolute atomic E-state index is 4.34. The van der Waals surface area contributed by atoms with Crippen LogP contribution in [0.25, 0.3) is 0 Å². The number of aromatic nitrogens is 3. The van der Waals surface area contributed by atoms with Gasteiger partial charge in [0.1, 0.15) is 17.2 Å². The summed E-state index contributed by atoms with van der Waals surface area (Å²) < 4.78 is 1.02. The van der Waals surface area contributed by atoms with Crippen LogP contribution < -0.4 is 4.90 Å². The van der Waals surface area contributed by atoms with Gasteiger partial charge in [-0.3, -0.25) is 0 Å². The van der Waals surface area contributed by atoms with Crippen LogP contribution in [0, 0.1) is 0 Å². The minimum Gasteiger partial charge on any atom is -0.356 e. The Morgan fingerprint density at radius 2 is 2.06 bits per heavy atom. The third-order valence-electron chi connectivity index (χ3n) is 2.66. The fourth-order valence-corrected chi connectivity index (χ4v) is 3.39. The molecule has 0 unspecified atom stereocenters. The molecule has 3 rings (SSSR count). The van der Waals surface area contributed by atoms with Gasteiger partial charge in [0.25, 0.3) is 0 Å². The molecule has 1 fully saturated rings. The lowest BCUT2D eigenvalue weighted by molar-refractivity contribution is 0.908. The van der Waals surface area contributed by atoms with E-state index < -0.39 is 0 Å². The van der Waals surface area contributed by atoms with E-state index in [0.29, 0.717) is 0 Å². The van der Waals surface area contributed by atoms with Crippen LogP contribution in [0.15, 0.2) is 33.3 Å². The maximum Gasteiger partial charge on any atom is 0.156 e. The minimum absolute atomic E-state index is 0.969. The zero-order valence-electron chi connectivity index (χ0n) is 9.24. The zero-order valence-corrected chi connectivity index (χ0v) is 10.9. The normalized spacial score (nSPS) is 15.4. The van der Waals surface area contributed by atoms with Gasteiger partial charge in [-0.2, -0.15) is 0 Å². The van der Waals surface area contributed by atoms with Crippen LogP contribution in [0.4, 0.5) is 5.82 Å². The second kappa shape index (κ2) is 5.01. The lowest BCUT2D eigenvalue weighted by atomic mass is 10.4. The van der Waals surface area contributed by atoms with Crippen LogP contribution >= 0.6 is 23.1 Å². The van der Waals surface area contributed by atoms with Gasteiger partial charge in [0.2, 0.25) is 0 Å². The quantitative estimate of drug-likeness (QED) is 0.797. The summed E-state index contributed by atoms with van der Waals surface area (Å²) in [6.07, 6.45) is 5.98. The molecule has 1 saturated heterocycles. The lowest BCUT2D eigenvalue weighted by Gasteiger charge is -2.15. The number of anilines is 1. The number of hydrogen-bond donors (Lipinski definition) is 0. The number of hydrogen-bond acceptors (Lipinski definition) is 6. The van der Waals surface area contributed by atoms with Crippen molar-refractivity contribution in [3.05, 3.63) is 24.0 Å². The molecule has 0 atom stereocenters. The predicted molar refractivity (Wildman–Crippen MR) is 69.7 cm³/mol. The van der Waals surface area contributed by atoms with Gasteiger partial charge in [-0.1, -0.05) is 0 Å². The van der Waals surface area contributed by atoms with Gasteiger partial charge >= 0.3 is 0 Å². The zero-order chi connectivity index (χ0) is 11.5. The van der Waals surface area contributed by atoms with Gasteiger partial charge in [-0.25, -0.2) is 15.0 Å². The lowest BCUT2D eigenvalue weighted by Crippen LogP contribution is -2.18. The third kappa shape index (κ3) is 2.58. The fraction of sp³-hybridized carbons (Fsp3) is 0.364. The third-order valence-corrected chi connectivity index (χ3v) is 4.48. The molecule has 6 heteroatoms. The van der Waals surface area contributed by atoms with Gasteiger partial charge in [-0.05, 0) is 24.6 Å². The van der Waals surface area contributed by atoms with Gasteiger partial charge in [-0.15, -0.1) is 11.3 Å². The van der Waals surface area contributed by atoms with E-state index in [2.05, 4.69) is 25.9 Å². The first-order valence-electron chi connectivity index (χ1n) is 5.56. The van der Waals surface area contributed by atoms with E-state index in [1.165, 1.54) is 12.8 Å². The fourth-order valence-electron chi connectivity index (χ4n) is 1.86. The van der Waals surface area contributed by atoms with Crippen LogP contribution in [-0.2, 0) is 0 Å². The molecular weight excluding hydrogens is 252 g/mol. The summed E-state index contributed by atoms with van der Waals surface area (Å²) in [4.78, 5) is 15.2. The molecule has 2 aromatic rings. The van der Waals surface area contributed by atoms with E-state index in [4.69, 9.17) is 0 Å². The standard InChI is InChI=1S/C11H12N4S2/c1-2-5-15(4-1)9-7-10(14-8-13-9)17-11-12-3-6-16-11/h3,6-8H,1-2,4-5H2.